The van der Waals surface area contributed by atoms with Crippen LogP contribution in [0.1, 0.15) is 47.0 Å². The zero-order valence-electron chi connectivity index (χ0n) is 8.78. The number of hydrazine groups is 1. The summed E-state index contributed by atoms with van der Waals surface area (Å²) < 4.78 is 0. The van der Waals surface area contributed by atoms with E-state index in [0.717, 1.165) is 18.5 Å². The summed E-state index contributed by atoms with van der Waals surface area (Å²) in [6.07, 6.45) is 5.49. The van der Waals surface area contributed by atoms with Gasteiger partial charge in [0, 0.05) is 5.70 Å². The average Bonchev–Trinajstić information content (AvgIpc) is 1.95. The summed E-state index contributed by atoms with van der Waals surface area (Å²) in [6, 6.07) is 0. The molecule has 2 nitrogen and oxygen atoms in total. The van der Waals surface area contributed by atoms with Gasteiger partial charge in [-0.15, -0.1) is 0 Å². The van der Waals surface area contributed by atoms with Gasteiger partial charge in [-0.2, -0.15) is 0 Å². The summed E-state index contributed by atoms with van der Waals surface area (Å²) in [7, 11) is 0. The summed E-state index contributed by atoms with van der Waals surface area (Å²) in [6.45, 7) is 8.81. The lowest BCUT2D eigenvalue weighted by Gasteiger charge is -2.19. The fourth-order valence-corrected chi connectivity index (χ4v) is 1.07. The van der Waals surface area contributed by atoms with Crippen LogP contribution in [-0.2, 0) is 0 Å². The highest BCUT2D eigenvalue weighted by Crippen LogP contribution is 2.22. The monoisotopic (exact) mass is 170 g/mol. The highest BCUT2D eigenvalue weighted by molar-refractivity contribution is 5.00. The minimum atomic E-state index is 0.311. The third-order valence-corrected chi connectivity index (χ3v) is 1.59. The Morgan fingerprint density at radius 2 is 2.00 bits per heavy atom. The van der Waals surface area contributed by atoms with Gasteiger partial charge in [0.1, 0.15) is 0 Å². The zero-order valence-corrected chi connectivity index (χ0v) is 8.78. The lowest BCUT2D eigenvalue weighted by molar-refractivity contribution is 0.398. The maximum absolute atomic E-state index is 5.40. The molecule has 0 saturated carbocycles. The molecule has 0 unspecified atom stereocenters. The molecule has 0 aromatic heterocycles. The number of nitrogens with one attached hydrogen (secondary N) is 1. The van der Waals surface area contributed by atoms with Crippen LogP contribution >= 0.6 is 0 Å². The average molecular weight is 170 g/mol. The second kappa shape index (κ2) is 5.20. The molecule has 3 N–H and O–H groups in total. The minimum Gasteiger partial charge on any atom is -0.329 e. The first-order chi connectivity index (χ1) is 5.49. The van der Waals surface area contributed by atoms with Crippen LogP contribution in [0.15, 0.2) is 11.8 Å². The van der Waals surface area contributed by atoms with Gasteiger partial charge in [-0.05, 0) is 18.3 Å². The lowest BCUT2D eigenvalue weighted by atomic mass is 9.90. The van der Waals surface area contributed by atoms with Gasteiger partial charge in [0.2, 0.25) is 0 Å². The quantitative estimate of drug-likeness (QED) is 0.502. The molecule has 0 rings (SSSR count). The van der Waals surface area contributed by atoms with Crippen molar-refractivity contribution in [2.75, 3.05) is 0 Å². The Labute approximate surface area is 76.2 Å². The van der Waals surface area contributed by atoms with Crippen molar-refractivity contribution in [1.29, 1.82) is 0 Å². The van der Waals surface area contributed by atoms with E-state index in [9.17, 15) is 0 Å². The van der Waals surface area contributed by atoms with Crippen molar-refractivity contribution >= 4 is 0 Å². The van der Waals surface area contributed by atoms with Crippen LogP contribution in [0.3, 0.4) is 0 Å². The largest absolute Gasteiger partial charge is 0.329 e. The van der Waals surface area contributed by atoms with E-state index in [1.165, 1.54) is 6.42 Å². The number of allylic oxidation sites excluding steroid dienone is 2. The molecule has 0 bridgehead atoms. The summed E-state index contributed by atoms with van der Waals surface area (Å²) in [4.78, 5) is 0. The molecular formula is C10H22N2. The predicted octanol–water partition coefficient (Wildman–Crippen LogP) is 2.57. The second-order valence-corrected chi connectivity index (χ2v) is 4.40. The third kappa shape index (κ3) is 6.23. The van der Waals surface area contributed by atoms with Gasteiger partial charge in [-0.25, -0.2) is 0 Å². The van der Waals surface area contributed by atoms with Crippen LogP contribution in [0.5, 0.6) is 0 Å². The van der Waals surface area contributed by atoms with E-state index in [1.54, 1.807) is 0 Å². The van der Waals surface area contributed by atoms with Crippen molar-refractivity contribution in [3.63, 3.8) is 0 Å². The molecule has 0 saturated heterocycles. The van der Waals surface area contributed by atoms with Gasteiger partial charge in [0.05, 0.1) is 0 Å². The summed E-state index contributed by atoms with van der Waals surface area (Å²) >= 11 is 0. The molecule has 0 aliphatic heterocycles. The van der Waals surface area contributed by atoms with Crippen LogP contribution in [0.2, 0.25) is 0 Å². The molecule has 0 radical (unpaired) electrons. The Hall–Kier alpha value is -0.500. The Morgan fingerprint density at radius 3 is 2.33 bits per heavy atom. The number of unbranched alkanes of at least 4 members (excludes halogenated alkanes) is 1. The summed E-state index contributed by atoms with van der Waals surface area (Å²) in [5, 5.41) is 0. The van der Waals surface area contributed by atoms with Crippen LogP contribution in [0.4, 0.5) is 0 Å². The van der Waals surface area contributed by atoms with E-state index < -0.39 is 0 Å². The number of hydrogen-bond donors (Lipinski definition) is 2. The summed E-state index contributed by atoms with van der Waals surface area (Å²) in [5.41, 5.74) is 4.22. The molecule has 12 heavy (non-hydrogen) atoms. The fraction of sp³-hybridized carbons (Fsp3) is 0.800. The zero-order chi connectivity index (χ0) is 9.61. The van der Waals surface area contributed by atoms with E-state index in [0.29, 0.717) is 5.41 Å². The second-order valence-electron chi connectivity index (χ2n) is 4.40. The van der Waals surface area contributed by atoms with Gasteiger partial charge in [0.15, 0.2) is 0 Å². The first-order valence-corrected chi connectivity index (χ1v) is 4.65. The van der Waals surface area contributed by atoms with Gasteiger partial charge >= 0.3 is 0 Å². The molecule has 2 heteroatoms. The van der Waals surface area contributed by atoms with E-state index in [2.05, 4.69) is 39.2 Å². The standard InChI is InChI=1S/C10H22N2/c1-5-6-7-9(12-11)8-10(2,3)4/h7,12H,5-6,8,11H2,1-4H3/b9-7-. The molecule has 0 aliphatic rings. The Morgan fingerprint density at radius 1 is 1.42 bits per heavy atom. The SMILES string of the molecule is CCC/C=C(/CC(C)(C)C)NN. The van der Waals surface area contributed by atoms with Gasteiger partial charge < -0.3 is 5.43 Å². The summed E-state index contributed by atoms with van der Waals surface area (Å²) in [5.74, 6) is 5.40. The van der Waals surface area contributed by atoms with E-state index in [-0.39, 0.29) is 0 Å². The van der Waals surface area contributed by atoms with Crippen molar-refractivity contribution in [2.45, 2.75) is 47.0 Å². The number of hydrogen-bond acceptors (Lipinski definition) is 2. The van der Waals surface area contributed by atoms with Crippen LogP contribution in [0, 0.1) is 5.41 Å². The van der Waals surface area contributed by atoms with E-state index in [1.807, 2.05) is 0 Å². The van der Waals surface area contributed by atoms with Gasteiger partial charge in [0.25, 0.3) is 0 Å². The lowest BCUT2D eigenvalue weighted by Crippen LogP contribution is -2.24. The molecule has 0 aromatic carbocycles. The van der Waals surface area contributed by atoms with Gasteiger partial charge in [-0.1, -0.05) is 40.2 Å². The number of nitrogens with two attached hydrogens (primary N) is 1. The molecule has 0 aromatic rings. The molecule has 0 heterocycles. The van der Waals surface area contributed by atoms with E-state index in [4.69, 9.17) is 5.84 Å². The van der Waals surface area contributed by atoms with Crippen molar-refractivity contribution < 1.29 is 0 Å². The molecule has 0 spiro atoms. The predicted molar refractivity (Wildman–Crippen MR) is 54.4 cm³/mol. The highest BCUT2D eigenvalue weighted by atomic mass is 15.2. The van der Waals surface area contributed by atoms with Gasteiger partial charge in [-0.3, -0.25) is 5.84 Å². The van der Waals surface area contributed by atoms with Crippen molar-refractivity contribution in [3.05, 3.63) is 11.8 Å². The molecule has 72 valence electrons. The molecule has 0 amide bonds. The maximum Gasteiger partial charge on any atom is 0.0224 e. The van der Waals surface area contributed by atoms with Crippen LogP contribution in [0.25, 0.3) is 0 Å². The smallest absolute Gasteiger partial charge is 0.0224 e. The Bertz CT molecular complexity index is 142. The third-order valence-electron chi connectivity index (χ3n) is 1.59. The van der Waals surface area contributed by atoms with Crippen LogP contribution in [-0.4, -0.2) is 0 Å². The normalized spacial score (nSPS) is 13.2. The van der Waals surface area contributed by atoms with Crippen molar-refractivity contribution in [1.82, 2.24) is 5.43 Å². The molecule has 0 fully saturated rings. The Kier molecular flexibility index (Phi) is 4.98. The fourth-order valence-electron chi connectivity index (χ4n) is 1.07. The minimum absolute atomic E-state index is 0.311. The topological polar surface area (TPSA) is 38.0 Å². The molecule has 0 aliphatic carbocycles. The van der Waals surface area contributed by atoms with Crippen molar-refractivity contribution in [2.24, 2.45) is 11.3 Å². The van der Waals surface area contributed by atoms with Crippen LogP contribution < -0.4 is 11.3 Å². The molecule has 0 atom stereocenters. The van der Waals surface area contributed by atoms with E-state index >= 15 is 0 Å². The first kappa shape index (κ1) is 11.5. The number of rotatable bonds is 4. The highest BCUT2D eigenvalue weighted by Gasteiger charge is 2.11. The molecular weight excluding hydrogens is 148 g/mol. The first-order valence-electron chi connectivity index (χ1n) is 4.65. The Balaban J connectivity index is 3.99. The van der Waals surface area contributed by atoms with Crippen molar-refractivity contribution in [3.8, 4) is 0 Å². The maximum atomic E-state index is 5.40.